The van der Waals surface area contributed by atoms with E-state index in [1.54, 1.807) is 24.3 Å². The van der Waals surface area contributed by atoms with Gasteiger partial charge in [-0.1, -0.05) is 6.92 Å². The molecule has 6 nitrogen and oxygen atoms in total. The molecule has 22 heavy (non-hydrogen) atoms. The summed E-state index contributed by atoms with van der Waals surface area (Å²) in [5, 5.41) is 3.00. The number of carbonyl (C=O) groups excluding carboxylic acids is 2. The fourth-order valence-electron chi connectivity index (χ4n) is 2.37. The number of primary amides is 1. The Kier molecular flexibility index (Phi) is 5.77. The minimum atomic E-state index is -0.475. The molecule has 6 heteroatoms. The molecule has 2 amide bonds. The van der Waals surface area contributed by atoms with Crippen molar-refractivity contribution in [3.63, 3.8) is 0 Å². The van der Waals surface area contributed by atoms with Gasteiger partial charge in [0.25, 0.3) is 0 Å². The molecule has 1 aliphatic rings. The molecule has 120 valence electrons. The van der Waals surface area contributed by atoms with Crippen LogP contribution in [0.2, 0.25) is 0 Å². The molecule has 3 N–H and O–H groups in total. The van der Waals surface area contributed by atoms with Gasteiger partial charge in [-0.15, -0.1) is 0 Å². The molecule has 2 rings (SSSR count). The lowest BCUT2D eigenvalue weighted by molar-refractivity contribution is -0.124. The molecule has 1 aliphatic heterocycles. The Hall–Kier alpha value is -2.08. The minimum absolute atomic E-state index is 0.0343. The summed E-state index contributed by atoms with van der Waals surface area (Å²) in [6.07, 6.45) is 1.81. The largest absolute Gasteiger partial charge is 0.486 e. The van der Waals surface area contributed by atoms with Crippen LogP contribution in [-0.4, -0.2) is 37.2 Å². The summed E-state index contributed by atoms with van der Waals surface area (Å²) in [6.45, 7) is 3.00. The minimum Gasteiger partial charge on any atom is -0.486 e. The third-order valence-electron chi connectivity index (χ3n) is 3.55. The molecule has 0 unspecified atom stereocenters. The number of amides is 2. The highest BCUT2D eigenvalue weighted by atomic mass is 16.5. The first-order valence-electron chi connectivity index (χ1n) is 7.53. The lowest BCUT2D eigenvalue weighted by Crippen LogP contribution is -2.51. The molecule has 1 aromatic rings. The quantitative estimate of drug-likeness (QED) is 0.827. The summed E-state index contributed by atoms with van der Waals surface area (Å²) in [4.78, 5) is 22.8. The molecule has 2 atom stereocenters. The summed E-state index contributed by atoms with van der Waals surface area (Å²) < 4.78 is 11.3. The summed E-state index contributed by atoms with van der Waals surface area (Å²) in [5.41, 5.74) is 5.64. The van der Waals surface area contributed by atoms with Gasteiger partial charge in [-0.3, -0.25) is 9.59 Å². The van der Waals surface area contributed by atoms with E-state index in [4.69, 9.17) is 15.2 Å². The van der Waals surface area contributed by atoms with Gasteiger partial charge in [0.2, 0.25) is 11.8 Å². The van der Waals surface area contributed by atoms with Crippen molar-refractivity contribution in [2.45, 2.75) is 38.3 Å². The van der Waals surface area contributed by atoms with Gasteiger partial charge in [0.05, 0.1) is 12.6 Å². The molecule has 0 radical (unpaired) electrons. The Labute approximate surface area is 130 Å². The molecule has 0 spiro atoms. The van der Waals surface area contributed by atoms with Crippen LogP contribution in [0.5, 0.6) is 5.75 Å². The predicted molar refractivity (Wildman–Crippen MR) is 81.7 cm³/mol. The first-order valence-corrected chi connectivity index (χ1v) is 7.53. The number of carbonyl (C=O) groups is 2. The van der Waals surface area contributed by atoms with Gasteiger partial charge in [0.1, 0.15) is 11.9 Å². The van der Waals surface area contributed by atoms with E-state index in [0.717, 1.165) is 12.8 Å². The number of nitrogens with one attached hydrogen (secondary N) is 1. The van der Waals surface area contributed by atoms with Crippen LogP contribution in [-0.2, 0) is 9.53 Å². The second-order valence-corrected chi connectivity index (χ2v) is 5.33. The summed E-state index contributed by atoms with van der Waals surface area (Å²) in [5.74, 6) is 0.180. The van der Waals surface area contributed by atoms with Gasteiger partial charge in [-0.05, 0) is 37.1 Å². The maximum absolute atomic E-state index is 11.8. The number of nitrogens with two attached hydrogens (primary N) is 1. The van der Waals surface area contributed by atoms with Gasteiger partial charge in [-0.25, -0.2) is 0 Å². The predicted octanol–water partition coefficient (Wildman–Crippen LogP) is 1.24. The third kappa shape index (κ3) is 4.46. The van der Waals surface area contributed by atoms with Crippen molar-refractivity contribution in [3.8, 4) is 5.75 Å². The Balaban J connectivity index is 1.98. The second kappa shape index (κ2) is 7.79. The summed E-state index contributed by atoms with van der Waals surface area (Å²) in [6, 6.07) is 6.56. The zero-order valence-corrected chi connectivity index (χ0v) is 12.7. The highest BCUT2D eigenvalue weighted by molar-refractivity contribution is 5.92. The third-order valence-corrected chi connectivity index (χ3v) is 3.55. The molecule has 1 saturated heterocycles. The van der Waals surface area contributed by atoms with E-state index in [1.165, 1.54) is 0 Å². The number of ether oxygens (including phenoxy) is 2. The lowest BCUT2D eigenvalue weighted by Gasteiger charge is -2.32. The molecular formula is C16H22N2O4. The van der Waals surface area contributed by atoms with Crippen molar-refractivity contribution in [2.24, 2.45) is 5.73 Å². The Morgan fingerprint density at radius 1 is 1.36 bits per heavy atom. The van der Waals surface area contributed by atoms with Crippen molar-refractivity contribution in [3.05, 3.63) is 29.8 Å². The number of hydrogen-bond donors (Lipinski definition) is 2. The van der Waals surface area contributed by atoms with Gasteiger partial charge in [-0.2, -0.15) is 0 Å². The van der Waals surface area contributed by atoms with Crippen LogP contribution in [0.1, 0.15) is 36.5 Å². The smallest absolute Gasteiger partial charge is 0.248 e. The molecule has 1 aromatic carbocycles. The Morgan fingerprint density at radius 3 is 2.73 bits per heavy atom. The van der Waals surface area contributed by atoms with Crippen molar-refractivity contribution in [1.29, 1.82) is 0 Å². The van der Waals surface area contributed by atoms with Gasteiger partial charge >= 0.3 is 0 Å². The van der Waals surface area contributed by atoms with E-state index in [2.05, 4.69) is 5.32 Å². The molecule has 0 saturated carbocycles. The molecular weight excluding hydrogens is 284 g/mol. The van der Waals surface area contributed by atoms with Gasteiger partial charge < -0.3 is 20.5 Å². The van der Waals surface area contributed by atoms with Crippen LogP contribution in [0.3, 0.4) is 0 Å². The zero-order valence-electron chi connectivity index (χ0n) is 12.7. The van der Waals surface area contributed by atoms with E-state index < -0.39 is 5.91 Å². The highest BCUT2D eigenvalue weighted by Gasteiger charge is 2.28. The fraction of sp³-hybridized carbons (Fsp3) is 0.500. The van der Waals surface area contributed by atoms with Gasteiger partial charge in [0.15, 0.2) is 0 Å². The van der Waals surface area contributed by atoms with E-state index in [0.29, 0.717) is 30.9 Å². The fourth-order valence-corrected chi connectivity index (χ4v) is 2.37. The average molecular weight is 306 g/mol. The monoisotopic (exact) mass is 306 g/mol. The van der Waals surface area contributed by atoms with E-state index in [9.17, 15) is 9.59 Å². The zero-order chi connectivity index (χ0) is 15.9. The molecule has 0 bridgehead atoms. The van der Waals surface area contributed by atoms with Crippen LogP contribution < -0.4 is 15.8 Å². The summed E-state index contributed by atoms with van der Waals surface area (Å²) >= 11 is 0. The maximum atomic E-state index is 11.8. The van der Waals surface area contributed by atoms with E-state index in [1.807, 2.05) is 6.92 Å². The van der Waals surface area contributed by atoms with Crippen LogP contribution in [0, 0.1) is 0 Å². The number of benzene rings is 1. The Morgan fingerprint density at radius 2 is 2.09 bits per heavy atom. The SMILES string of the molecule is CCCC(=O)N[C@@H]1CCOC[C@H]1Oc1ccc(C(N)=O)cc1. The molecule has 1 fully saturated rings. The van der Waals surface area contributed by atoms with Crippen molar-refractivity contribution < 1.29 is 19.1 Å². The molecule has 0 aromatic heterocycles. The van der Waals surface area contributed by atoms with Crippen LogP contribution in [0.25, 0.3) is 0 Å². The van der Waals surface area contributed by atoms with E-state index >= 15 is 0 Å². The molecule has 0 aliphatic carbocycles. The second-order valence-electron chi connectivity index (χ2n) is 5.33. The van der Waals surface area contributed by atoms with Crippen molar-refractivity contribution in [1.82, 2.24) is 5.32 Å². The summed E-state index contributed by atoms with van der Waals surface area (Å²) in [7, 11) is 0. The average Bonchev–Trinajstić information content (AvgIpc) is 2.50. The van der Waals surface area contributed by atoms with Crippen LogP contribution >= 0.6 is 0 Å². The van der Waals surface area contributed by atoms with Crippen LogP contribution in [0.4, 0.5) is 0 Å². The van der Waals surface area contributed by atoms with Crippen LogP contribution in [0.15, 0.2) is 24.3 Å². The first kappa shape index (κ1) is 16.3. The van der Waals surface area contributed by atoms with Crippen molar-refractivity contribution in [2.75, 3.05) is 13.2 Å². The molecule has 1 heterocycles. The maximum Gasteiger partial charge on any atom is 0.248 e. The number of hydrogen-bond acceptors (Lipinski definition) is 4. The lowest BCUT2D eigenvalue weighted by atomic mass is 10.1. The van der Waals surface area contributed by atoms with Gasteiger partial charge in [0, 0.05) is 18.6 Å². The highest BCUT2D eigenvalue weighted by Crippen LogP contribution is 2.18. The standard InChI is InChI=1S/C16H22N2O4/c1-2-3-15(19)18-13-8-9-21-10-14(13)22-12-6-4-11(5-7-12)16(17)20/h4-7,13-14H,2-3,8-10H2,1H3,(H2,17,20)(H,18,19)/t13-,14-/m1/s1. The topological polar surface area (TPSA) is 90.7 Å². The van der Waals surface area contributed by atoms with Crippen molar-refractivity contribution >= 4 is 11.8 Å². The number of rotatable bonds is 6. The van der Waals surface area contributed by atoms with E-state index in [-0.39, 0.29) is 18.1 Å². The Bertz CT molecular complexity index is 515. The normalized spacial score (nSPS) is 21.1. The first-order chi connectivity index (χ1) is 10.6.